The highest BCUT2D eigenvalue weighted by Crippen LogP contribution is 2.39. The second-order valence-corrected chi connectivity index (χ2v) is 4.52. The quantitative estimate of drug-likeness (QED) is 0.794. The molecule has 1 aromatic carbocycles. The number of benzene rings is 1. The molecule has 0 saturated heterocycles. The molecule has 0 radical (unpaired) electrons. The Hall–Kier alpha value is -1.28. The Morgan fingerprint density at radius 1 is 1.40 bits per heavy atom. The van der Waals surface area contributed by atoms with Crippen LogP contribution in [0.2, 0.25) is 0 Å². The molecule has 2 nitrogen and oxygen atoms in total. The van der Waals surface area contributed by atoms with Crippen LogP contribution in [0.3, 0.4) is 0 Å². The molecule has 0 aliphatic heterocycles. The van der Waals surface area contributed by atoms with E-state index in [-0.39, 0.29) is 0 Å². The standard InChI is InChI=1S/C13H16N2/c1-9-2-5-13-12(6-9)10(7-14)8-15(13)11-3-4-11/h2,5-6,8,11H,3-4,7,14H2,1H3. The summed E-state index contributed by atoms with van der Waals surface area (Å²) in [6.07, 6.45) is 4.88. The summed E-state index contributed by atoms with van der Waals surface area (Å²) in [5.41, 5.74) is 9.73. The van der Waals surface area contributed by atoms with Crippen LogP contribution in [-0.4, -0.2) is 4.57 Å². The molecule has 1 heterocycles. The van der Waals surface area contributed by atoms with Crippen LogP contribution in [0.5, 0.6) is 0 Å². The smallest absolute Gasteiger partial charge is 0.0486 e. The molecule has 1 saturated carbocycles. The highest BCUT2D eigenvalue weighted by Gasteiger charge is 2.25. The van der Waals surface area contributed by atoms with Gasteiger partial charge in [0.25, 0.3) is 0 Å². The summed E-state index contributed by atoms with van der Waals surface area (Å²) >= 11 is 0. The number of rotatable bonds is 2. The number of hydrogen-bond acceptors (Lipinski definition) is 1. The van der Waals surface area contributed by atoms with Crippen molar-refractivity contribution < 1.29 is 0 Å². The first kappa shape index (κ1) is 8.98. The molecule has 1 aliphatic rings. The van der Waals surface area contributed by atoms with E-state index >= 15 is 0 Å². The fraction of sp³-hybridized carbons (Fsp3) is 0.385. The second-order valence-electron chi connectivity index (χ2n) is 4.52. The number of nitrogens with zero attached hydrogens (tertiary/aromatic N) is 1. The Balaban J connectivity index is 2.28. The maximum Gasteiger partial charge on any atom is 0.0486 e. The first-order valence-corrected chi connectivity index (χ1v) is 5.60. The predicted octanol–water partition coefficient (Wildman–Crippen LogP) is 2.74. The average Bonchev–Trinajstić information content (AvgIpc) is 3.01. The molecule has 3 rings (SSSR count). The lowest BCUT2D eigenvalue weighted by Crippen LogP contribution is -1.95. The third kappa shape index (κ3) is 1.37. The Bertz CT molecular complexity index is 506. The molecule has 2 heteroatoms. The van der Waals surface area contributed by atoms with E-state index in [1.54, 1.807) is 0 Å². The van der Waals surface area contributed by atoms with E-state index in [4.69, 9.17) is 5.73 Å². The minimum Gasteiger partial charge on any atom is -0.344 e. The van der Waals surface area contributed by atoms with Gasteiger partial charge in [-0.25, -0.2) is 0 Å². The minimum atomic E-state index is 0.639. The third-order valence-electron chi connectivity index (χ3n) is 3.23. The summed E-state index contributed by atoms with van der Waals surface area (Å²) in [6.45, 7) is 2.77. The summed E-state index contributed by atoms with van der Waals surface area (Å²) in [5, 5.41) is 1.34. The van der Waals surface area contributed by atoms with Crippen molar-refractivity contribution in [2.45, 2.75) is 32.4 Å². The molecule has 15 heavy (non-hydrogen) atoms. The van der Waals surface area contributed by atoms with E-state index in [1.807, 2.05) is 0 Å². The zero-order chi connectivity index (χ0) is 10.4. The lowest BCUT2D eigenvalue weighted by Gasteiger charge is -2.01. The number of aryl methyl sites for hydroxylation is 1. The second kappa shape index (κ2) is 3.11. The molecule has 1 aliphatic carbocycles. The minimum absolute atomic E-state index is 0.639. The maximum atomic E-state index is 5.79. The number of hydrogen-bond donors (Lipinski definition) is 1. The van der Waals surface area contributed by atoms with Crippen molar-refractivity contribution in [2.24, 2.45) is 5.73 Å². The van der Waals surface area contributed by atoms with Crippen LogP contribution in [0.4, 0.5) is 0 Å². The first-order valence-electron chi connectivity index (χ1n) is 5.60. The molecular formula is C13H16N2. The Kier molecular flexibility index (Phi) is 1.86. The van der Waals surface area contributed by atoms with E-state index in [0.717, 1.165) is 6.04 Å². The fourth-order valence-corrected chi connectivity index (χ4v) is 2.26. The molecule has 1 fully saturated rings. The molecule has 2 aromatic rings. The van der Waals surface area contributed by atoms with Gasteiger partial charge in [0.2, 0.25) is 0 Å². The summed E-state index contributed by atoms with van der Waals surface area (Å²) in [4.78, 5) is 0. The highest BCUT2D eigenvalue weighted by atomic mass is 15.0. The normalized spacial score (nSPS) is 16.1. The van der Waals surface area contributed by atoms with Crippen molar-refractivity contribution >= 4 is 10.9 Å². The van der Waals surface area contributed by atoms with Crippen molar-refractivity contribution in [3.8, 4) is 0 Å². The van der Waals surface area contributed by atoms with E-state index in [2.05, 4.69) is 35.9 Å². The zero-order valence-electron chi connectivity index (χ0n) is 9.03. The van der Waals surface area contributed by atoms with E-state index < -0.39 is 0 Å². The van der Waals surface area contributed by atoms with Crippen LogP contribution in [0, 0.1) is 6.92 Å². The molecule has 0 bridgehead atoms. The SMILES string of the molecule is Cc1ccc2c(c1)c(CN)cn2C1CC1. The molecule has 0 unspecified atom stereocenters. The van der Waals surface area contributed by atoms with E-state index in [0.29, 0.717) is 6.54 Å². The van der Waals surface area contributed by atoms with Gasteiger partial charge in [0.1, 0.15) is 0 Å². The van der Waals surface area contributed by atoms with Gasteiger partial charge in [0.05, 0.1) is 0 Å². The average molecular weight is 200 g/mol. The lowest BCUT2D eigenvalue weighted by molar-refractivity contribution is 0.771. The molecule has 78 valence electrons. The van der Waals surface area contributed by atoms with Crippen molar-refractivity contribution in [2.75, 3.05) is 0 Å². The van der Waals surface area contributed by atoms with Gasteiger partial charge in [0, 0.05) is 29.7 Å². The van der Waals surface area contributed by atoms with Crippen LogP contribution in [0.25, 0.3) is 10.9 Å². The topological polar surface area (TPSA) is 30.9 Å². The molecule has 1 aromatic heterocycles. The van der Waals surface area contributed by atoms with E-state index in [1.165, 1.54) is 34.9 Å². The molecular weight excluding hydrogens is 184 g/mol. The van der Waals surface area contributed by atoms with Crippen LogP contribution >= 0.6 is 0 Å². The van der Waals surface area contributed by atoms with Crippen LogP contribution in [0.15, 0.2) is 24.4 Å². The largest absolute Gasteiger partial charge is 0.344 e. The van der Waals surface area contributed by atoms with Crippen LogP contribution in [-0.2, 0) is 6.54 Å². The van der Waals surface area contributed by atoms with Crippen molar-refractivity contribution in [1.82, 2.24) is 4.57 Å². The van der Waals surface area contributed by atoms with Crippen LogP contribution in [0.1, 0.15) is 30.0 Å². The summed E-state index contributed by atoms with van der Waals surface area (Å²) in [5.74, 6) is 0. The van der Waals surface area contributed by atoms with Crippen LogP contribution < -0.4 is 5.73 Å². The van der Waals surface area contributed by atoms with Gasteiger partial charge < -0.3 is 10.3 Å². The van der Waals surface area contributed by atoms with Crippen molar-refractivity contribution in [3.05, 3.63) is 35.5 Å². The molecule has 0 spiro atoms. The number of nitrogens with two attached hydrogens (primary N) is 1. The van der Waals surface area contributed by atoms with Gasteiger partial charge >= 0.3 is 0 Å². The van der Waals surface area contributed by atoms with Gasteiger partial charge in [-0.15, -0.1) is 0 Å². The van der Waals surface area contributed by atoms with Gasteiger partial charge in [0.15, 0.2) is 0 Å². The maximum absolute atomic E-state index is 5.79. The monoisotopic (exact) mass is 200 g/mol. The van der Waals surface area contributed by atoms with E-state index in [9.17, 15) is 0 Å². The summed E-state index contributed by atoms with van der Waals surface area (Å²) in [7, 11) is 0. The van der Waals surface area contributed by atoms with Crippen molar-refractivity contribution in [3.63, 3.8) is 0 Å². The van der Waals surface area contributed by atoms with Gasteiger partial charge in [-0.05, 0) is 37.5 Å². The Morgan fingerprint density at radius 2 is 2.20 bits per heavy atom. The Labute approximate surface area is 89.7 Å². The van der Waals surface area contributed by atoms with Gasteiger partial charge in [-0.3, -0.25) is 0 Å². The Morgan fingerprint density at radius 3 is 2.87 bits per heavy atom. The summed E-state index contributed by atoms with van der Waals surface area (Å²) < 4.78 is 2.40. The van der Waals surface area contributed by atoms with Crippen molar-refractivity contribution in [1.29, 1.82) is 0 Å². The summed E-state index contributed by atoms with van der Waals surface area (Å²) in [6, 6.07) is 7.38. The highest BCUT2D eigenvalue weighted by molar-refractivity contribution is 5.85. The van der Waals surface area contributed by atoms with Gasteiger partial charge in [-0.2, -0.15) is 0 Å². The molecule has 0 atom stereocenters. The molecule has 0 amide bonds. The third-order valence-corrected chi connectivity index (χ3v) is 3.23. The molecule has 2 N–H and O–H groups in total. The predicted molar refractivity (Wildman–Crippen MR) is 62.8 cm³/mol. The lowest BCUT2D eigenvalue weighted by atomic mass is 10.1. The fourth-order valence-electron chi connectivity index (χ4n) is 2.26. The van der Waals surface area contributed by atoms with Gasteiger partial charge in [-0.1, -0.05) is 11.6 Å². The number of aromatic nitrogens is 1. The zero-order valence-corrected chi connectivity index (χ0v) is 9.03. The first-order chi connectivity index (χ1) is 7.29. The number of fused-ring (bicyclic) bond motifs is 1.